The Morgan fingerprint density at radius 3 is 1.06 bits per heavy atom. The Labute approximate surface area is 418 Å². The summed E-state index contributed by atoms with van der Waals surface area (Å²) in [5.41, 5.74) is 0. The first kappa shape index (κ1) is 65.3. The zero-order valence-corrected chi connectivity index (χ0v) is 45.3. The van der Waals surface area contributed by atoms with Crippen LogP contribution in [-0.4, -0.2) is 46.9 Å². The van der Waals surface area contributed by atoms with E-state index in [2.05, 4.69) is 50.4 Å². The minimum absolute atomic E-state index is 0.0778. The third-order valence-electron chi connectivity index (χ3n) is 14.0. The van der Waals surface area contributed by atoms with Crippen LogP contribution in [0.2, 0.25) is 0 Å². The lowest BCUT2D eigenvalue weighted by Crippen LogP contribution is -2.46. The molecule has 0 aromatic carbocycles. The van der Waals surface area contributed by atoms with Gasteiger partial charge in [-0.1, -0.05) is 263 Å². The van der Waals surface area contributed by atoms with Crippen LogP contribution in [0.25, 0.3) is 0 Å². The molecule has 6 nitrogen and oxygen atoms in total. The third kappa shape index (κ3) is 50.5. The van der Waals surface area contributed by atoms with Crippen molar-refractivity contribution < 1.29 is 24.5 Å². The minimum atomic E-state index is -0.787. The molecule has 0 spiro atoms. The molecule has 3 unspecified atom stereocenters. The van der Waals surface area contributed by atoms with Crippen molar-refractivity contribution in [2.24, 2.45) is 0 Å². The molecule has 0 bridgehead atoms. The van der Waals surface area contributed by atoms with E-state index in [9.17, 15) is 19.8 Å². The molecule has 0 aromatic heterocycles. The van der Waals surface area contributed by atoms with E-state index in [1.54, 1.807) is 0 Å². The lowest BCUT2D eigenvalue weighted by atomic mass is 10.0. The number of hydrogen-bond donors (Lipinski definition) is 3. The van der Waals surface area contributed by atoms with E-state index < -0.39 is 18.2 Å². The van der Waals surface area contributed by atoms with Crippen molar-refractivity contribution in [3.05, 3.63) is 24.3 Å². The monoisotopic (exact) mass is 944 g/mol. The van der Waals surface area contributed by atoms with E-state index in [1.165, 1.54) is 231 Å². The number of aliphatic hydroxyl groups is 2. The summed E-state index contributed by atoms with van der Waals surface area (Å²) in [7, 11) is 0. The predicted octanol–water partition coefficient (Wildman–Crippen LogP) is 18.6. The highest BCUT2D eigenvalue weighted by Gasteiger charge is 2.24. The van der Waals surface area contributed by atoms with Gasteiger partial charge in [-0.3, -0.25) is 9.59 Å². The van der Waals surface area contributed by atoms with Gasteiger partial charge < -0.3 is 20.3 Å². The van der Waals surface area contributed by atoms with E-state index >= 15 is 0 Å². The van der Waals surface area contributed by atoms with Gasteiger partial charge in [-0.2, -0.15) is 0 Å². The first-order chi connectivity index (χ1) is 33.0. The Bertz CT molecular complexity index is 1060. The number of unbranched alkanes of at least 4 members (excludes halogenated alkanes) is 39. The van der Waals surface area contributed by atoms with Crippen molar-refractivity contribution in [1.82, 2.24) is 5.32 Å². The zero-order chi connectivity index (χ0) is 48.8. The Morgan fingerprint density at radius 2 is 0.716 bits per heavy atom. The van der Waals surface area contributed by atoms with E-state index in [0.717, 1.165) is 51.4 Å². The molecule has 0 rings (SSSR count). The summed E-state index contributed by atoms with van der Waals surface area (Å²) in [6.07, 6.45) is 65.3. The Morgan fingerprint density at radius 1 is 0.418 bits per heavy atom. The van der Waals surface area contributed by atoms with Crippen LogP contribution in [0.4, 0.5) is 0 Å². The molecule has 396 valence electrons. The molecule has 1 amide bonds. The summed E-state index contributed by atoms with van der Waals surface area (Å²) in [6, 6.07) is -0.701. The molecule has 0 saturated heterocycles. The zero-order valence-electron chi connectivity index (χ0n) is 45.3. The SMILES string of the molecule is CCCCCCCC/C=C/CCCCCCCCCC(=O)OC(CCCCCCCCC/C=C/CCCCCCCC)CC(=O)NC(CO)C(O)CCCCCCCCCCCCCCCC. The number of nitrogens with one attached hydrogen (secondary N) is 1. The number of ether oxygens (including phenoxy) is 1. The predicted molar refractivity (Wildman–Crippen MR) is 292 cm³/mol. The average molecular weight is 945 g/mol. The second kappa shape index (κ2) is 55.3. The maximum Gasteiger partial charge on any atom is 0.306 e. The summed E-state index contributed by atoms with van der Waals surface area (Å²) < 4.78 is 5.97. The van der Waals surface area contributed by atoms with Gasteiger partial charge in [0.2, 0.25) is 5.91 Å². The summed E-state index contributed by atoms with van der Waals surface area (Å²) >= 11 is 0. The fourth-order valence-corrected chi connectivity index (χ4v) is 9.42. The van der Waals surface area contributed by atoms with Crippen LogP contribution >= 0.6 is 0 Å². The van der Waals surface area contributed by atoms with Gasteiger partial charge >= 0.3 is 5.97 Å². The maximum absolute atomic E-state index is 13.3. The highest BCUT2D eigenvalue weighted by molar-refractivity contribution is 5.77. The molecule has 0 radical (unpaired) electrons. The number of amides is 1. The molecule has 0 aromatic rings. The number of esters is 1. The van der Waals surface area contributed by atoms with Gasteiger partial charge in [0.05, 0.1) is 25.2 Å². The van der Waals surface area contributed by atoms with E-state index in [-0.39, 0.29) is 24.9 Å². The molecule has 0 aliphatic carbocycles. The average Bonchev–Trinajstić information content (AvgIpc) is 3.32. The van der Waals surface area contributed by atoms with Crippen molar-refractivity contribution >= 4 is 11.9 Å². The summed E-state index contributed by atoms with van der Waals surface area (Å²) in [5.74, 6) is -0.464. The lowest BCUT2D eigenvalue weighted by molar-refractivity contribution is -0.151. The van der Waals surface area contributed by atoms with Crippen LogP contribution < -0.4 is 5.32 Å². The van der Waals surface area contributed by atoms with Crippen molar-refractivity contribution in [2.45, 2.75) is 347 Å². The molecule has 67 heavy (non-hydrogen) atoms. The highest BCUT2D eigenvalue weighted by atomic mass is 16.5. The van der Waals surface area contributed by atoms with Crippen LogP contribution in [-0.2, 0) is 14.3 Å². The van der Waals surface area contributed by atoms with Crippen molar-refractivity contribution in [3.63, 3.8) is 0 Å². The summed E-state index contributed by atoms with van der Waals surface area (Å²) in [6.45, 7) is 6.52. The van der Waals surface area contributed by atoms with Gasteiger partial charge in [-0.05, 0) is 77.0 Å². The van der Waals surface area contributed by atoms with Crippen LogP contribution in [0.3, 0.4) is 0 Å². The topological polar surface area (TPSA) is 95.9 Å². The van der Waals surface area contributed by atoms with E-state index in [4.69, 9.17) is 4.74 Å². The molecule has 0 heterocycles. The smallest absolute Gasteiger partial charge is 0.306 e. The second-order valence-corrected chi connectivity index (χ2v) is 20.7. The second-order valence-electron chi connectivity index (χ2n) is 20.7. The van der Waals surface area contributed by atoms with Gasteiger partial charge in [0.15, 0.2) is 0 Å². The minimum Gasteiger partial charge on any atom is -0.462 e. The van der Waals surface area contributed by atoms with Crippen LogP contribution in [0.1, 0.15) is 329 Å². The number of rotatable bonds is 55. The van der Waals surface area contributed by atoms with Crippen molar-refractivity contribution in [3.8, 4) is 0 Å². The van der Waals surface area contributed by atoms with Crippen molar-refractivity contribution in [1.29, 1.82) is 0 Å². The normalized spacial score (nSPS) is 13.2. The molecule has 0 fully saturated rings. The standard InChI is InChI=1S/C61H117NO5/c1-4-7-10-13-16-19-22-25-28-30-32-34-37-40-43-46-49-52-57(67-61(66)54-51-48-45-42-39-36-33-31-29-26-23-20-17-14-11-8-5-2)55-60(65)62-58(56-63)59(64)53-50-47-44-41-38-35-27-24-21-18-15-12-9-6-3/h25-26,28-29,57-59,63-64H,4-24,27,30-56H2,1-3H3,(H,62,65)/b28-25+,29-26+. The summed E-state index contributed by atoms with van der Waals surface area (Å²) in [4.78, 5) is 26.3. The van der Waals surface area contributed by atoms with Crippen LogP contribution in [0.15, 0.2) is 24.3 Å². The fraction of sp³-hybridized carbons (Fsp3) is 0.902. The fourth-order valence-electron chi connectivity index (χ4n) is 9.42. The van der Waals surface area contributed by atoms with Gasteiger partial charge in [0, 0.05) is 6.42 Å². The largest absolute Gasteiger partial charge is 0.462 e. The Balaban J connectivity index is 4.54. The van der Waals surface area contributed by atoms with Gasteiger partial charge in [-0.25, -0.2) is 0 Å². The number of carbonyl (C=O) groups is 2. The number of allylic oxidation sites excluding steroid dienone is 4. The number of hydrogen-bond acceptors (Lipinski definition) is 5. The first-order valence-electron chi connectivity index (χ1n) is 30.1. The molecule has 0 aliphatic rings. The maximum atomic E-state index is 13.3. The third-order valence-corrected chi connectivity index (χ3v) is 14.0. The molecular formula is C61H117NO5. The van der Waals surface area contributed by atoms with Crippen LogP contribution in [0, 0.1) is 0 Å². The van der Waals surface area contributed by atoms with E-state index in [0.29, 0.717) is 19.3 Å². The van der Waals surface area contributed by atoms with E-state index in [1.807, 2.05) is 0 Å². The van der Waals surface area contributed by atoms with Gasteiger partial charge in [0.25, 0.3) is 0 Å². The van der Waals surface area contributed by atoms with Crippen molar-refractivity contribution in [2.75, 3.05) is 6.61 Å². The molecule has 0 aliphatic heterocycles. The molecule has 3 N–H and O–H groups in total. The molecule has 3 atom stereocenters. The molecular weight excluding hydrogens is 827 g/mol. The molecule has 0 saturated carbocycles. The quantitative estimate of drug-likeness (QED) is 0.0321. The first-order valence-corrected chi connectivity index (χ1v) is 30.1. The Hall–Kier alpha value is -1.66. The van der Waals surface area contributed by atoms with Gasteiger partial charge in [0.1, 0.15) is 6.10 Å². The van der Waals surface area contributed by atoms with Gasteiger partial charge in [-0.15, -0.1) is 0 Å². The lowest BCUT2D eigenvalue weighted by Gasteiger charge is -2.24. The Kier molecular flexibility index (Phi) is 53.9. The highest BCUT2D eigenvalue weighted by Crippen LogP contribution is 2.19. The molecule has 6 heteroatoms. The van der Waals surface area contributed by atoms with Crippen LogP contribution in [0.5, 0.6) is 0 Å². The summed E-state index contributed by atoms with van der Waals surface area (Å²) in [5, 5.41) is 23.9. The number of carbonyl (C=O) groups excluding carboxylic acids is 2. The number of aliphatic hydroxyl groups excluding tert-OH is 2.